The fourth-order valence-corrected chi connectivity index (χ4v) is 2.94. The van der Waals surface area contributed by atoms with E-state index in [2.05, 4.69) is 0 Å². The predicted octanol–water partition coefficient (Wildman–Crippen LogP) is 1.01. The van der Waals surface area contributed by atoms with E-state index in [-0.39, 0.29) is 18.0 Å². The normalized spacial score (nSPS) is 39.8. The molecule has 5 heteroatoms. The minimum atomic E-state index is -1.36. The van der Waals surface area contributed by atoms with E-state index in [4.69, 9.17) is 9.47 Å². The van der Waals surface area contributed by atoms with Gasteiger partial charge in [0, 0.05) is 0 Å². The van der Waals surface area contributed by atoms with Crippen LogP contribution in [0.4, 0.5) is 0 Å². The Bertz CT molecular complexity index is 512. The summed E-state index contributed by atoms with van der Waals surface area (Å²) in [6, 6.07) is 0. The highest BCUT2D eigenvalue weighted by Crippen LogP contribution is 2.52. The van der Waals surface area contributed by atoms with Crippen molar-refractivity contribution in [2.24, 2.45) is 17.3 Å². The lowest BCUT2D eigenvalue weighted by atomic mass is 9.82. The zero-order chi connectivity index (χ0) is 14.0. The molecule has 5 nitrogen and oxygen atoms in total. The molecule has 2 heterocycles. The van der Waals surface area contributed by atoms with Crippen molar-refractivity contribution in [2.45, 2.75) is 39.1 Å². The molecule has 0 spiro atoms. The van der Waals surface area contributed by atoms with Gasteiger partial charge in [0.15, 0.2) is 5.78 Å². The Kier molecular flexibility index (Phi) is 2.33. The van der Waals surface area contributed by atoms with Gasteiger partial charge in [-0.25, -0.2) is 0 Å². The van der Waals surface area contributed by atoms with Gasteiger partial charge in [0.2, 0.25) is 5.79 Å². The summed E-state index contributed by atoms with van der Waals surface area (Å²) in [4.78, 5) is 35.8. The van der Waals surface area contributed by atoms with E-state index in [1.807, 2.05) is 0 Å². The fourth-order valence-electron chi connectivity index (χ4n) is 2.94. The van der Waals surface area contributed by atoms with Crippen LogP contribution >= 0.6 is 0 Å². The second kappa shape index (κ2) is 3.54. The molecule has 0 aromatic carbocycles. The number of rotatable bonds is 1. The molecule has 1 aliphatic carbocycles. The lowest BCUT2D eigenvalue weighted by molar-refractivity contribution is -0.212. The van der Waals surface area contributed by atoms with Gasteiger partial charge in [-0.3, -0.25) is 14.4 Å². The van der Waals surface area contributed by atoms with Crippen molar-refractivity contribution in [3.8, 4) is 0 Å². The average Bonchev–Trinajstić information content (AvgIpc) is 2.89. The predicted molar refractivity (Wildman–Crippen MR) is 63.9 cm³/mol. The van der Waals surface area contributed by atoms with Crippen LogP contribution in [-0.2, 0) is 23.9 Å². The van der Waals surface area contributed by atoms with Crippen molar-refractivity contribution < 1.29 is 23.9 Å². The first kappa shape index (κ1) is 12.5. The third kappa shape index (κ3) is 1.61. The van der Waals surface area contributed by atoms with Crippen LogP contribution in [0.15, 0.2) is 12.2 Å². The van der Waals surface area contributed by atoms with E-state index >= 15 is 0 Å². The molecule has 1 saturated carbocycles. The highest BCUT2D eigenvalue weighted by atomic mass is 16.7. The van der Waals surface area contributed by atoms with Crippen molar-refractivity contribution in [2.75, 3.05) is 0 Å². The lowest BCUT2D eigenvalue weighted by Gasteiger charge is -2.31. The molecular formula is C14H16O5. The smallest absolute Gasteiger partial charge is 0.313 e. The number of Topliss-reactive ketones (excluding diaryl/α,β-unsaturated/α-hetero) is 2. The van der Waals surface area contributed by atoms with E-state index in [9.17, 15) is 14.4 Å². The number of carbonyl (C=O) groups is 3. The molecule has 2 aliphatic heterocycles. The van der Waals surface area contributed by atoms with Crippen LogP contribution in [0.25, 0.3) is 0 Å². The largest absolute Gasteiger partial charge is 0.428 e. The summed E-state index contributed by atoms with van der Waals surface area (Å²) in [6.45, 7) is 5.20. The van der Waals surface area contributed by atoms with E-state index in [0.29, 0.717) is 0 Å². The van der Waals surface area contributed by atoms with Crippen molar-refractivity contribution in [3.05, 3.63) is 12.2 Å². The van der Waals surface area contributed by atoms with Crippen LogP contribution in [-0.4, -0.2) is 29.4 Å². The number of hydrogen-bond donors (Lipinski definition) is 0. The van der Waals surface area contributed by atoms with Crippen LogP contribution in [0.5, 0.6) is 0 Å². The Hall–Kier alpha value is -1.49. The number of esters is 1. The summed E-state index contributed by atoms with van der Waals surface area (Å²) >= 11 is 0. The molecule has 4 unspecified atom stereocenters. The maximum absolute atomic E-state index is 12.0. The van der Waals surface area contributed by atoms with Crippen LogP contribution in [0.3, 0.4) is 0 Å². The molecule has 2 bridgehead atoms. The first-order valence-corrected chi connectivity index (χ1v) is 6.41. The molecule has 2 fully saturated rings. The van der Waals surface area contributed by atoms with Gasteiger partial charge in [-0.05, 0) is 26.8 Å². The molecule has 3 rings (SSSR count). The molecule has 19 heavy (non-hydrogen) atoms. The quantitative estimate of drug-likeness (QED) is 0.401. The summed E-state index contributed by atoms with van der Waals surface area (Å²) in [5, 5.41) is 0. The van der Waals surface area contributed by atoms with Crippen molar-refractivity contribution in [1.29, 1.82) is 0 Å². The molecule has 102 valence electrons. The Morgan fingerprint density at radius 1 is 1.37 bits per heavy atom. The summed E-state index contributed by atoms with van der Waals surface area (Å²) < 4.78 is 11.1. The van der Waals surface area contributed by atoms with E-state index in [1.54, 1.807) is 32.9 Å². The molecule has 0 aromatic rings. The first-order chi connectivity index (χ1) is 8.74. The van der Waals surface area contributed by atoms with E-state index in [1.165, 1.54) is 0 Å². The molecule has 0 radical (unpaired) electrons. The zero-order valence-corrected chi connectivity index (χ0v) is 11.1. The van der Waals surface area contributed by atoms with Crippen molar-refractivity contribution in [3.63, 3.8) is 0 Å². The van der Waals surface area contributed by atoms with Crippen LogP contribution in [0, 0.1) is 17.3 Å². The number of ether oxygens (including phenoxy) is 2. The minimum Gasteiger partial charge on any atom is -0.428 e. The lowest BCUT2D eigenvalue weighted by Crippen LogP contribution is -2.44. The third-order valence-corrected chi connectivity index (χ3v) is 3.92. The average molecular weight is 264 g/mol. The molecule has 3 aliphatic rings. The van der Waals surface area contributed by atoms with Crippen molar-refractivity contribution in [1.82, 2.24) is 0 Å². The fraction of sp³-hybridized carbons (Fsp3) is 0.643. The van der Waals surface area contributed by atoms with Gasteiger partial charge >= 0.3 is 5.97 Å². The Morgan fingerprint density at radius 3 is 2.68 bits per heavy atom. The third-order valence-electron chi connectivity index (χ3n) is 3.92. The van der Waals surface area contributed by atoms with Gasteiger partial charge in [-0.2, -0.15) is 0 Å². The second-order valence-corrected chi connectivity index (χ2v) is 6.42. The minimum absolute atomic E-state index is 0.0777. The summed E-state index contributed by atoms with van der Waals surface area (Å²) in [7, 11) is 0. The topological polar surface area (TPSA) is 69.7 Å². The maximum Gasteiger partial charge on any atom is 0.313 e. The zero-order valence-electron chi connectivity index (χ0n) is 11.1. The van der Waals surface area contributed by atoms with E-state index in [0.717, 1.165) is 0 Å². The number of ketones is 2. The molecular weight excluding hydrogens is 248 g/mol. The van der Waals surface area contributed by atoms with Gasteiger partial charge < -0.3 is 9.47 Å². The molecule has 0 aromatic heterocycles. The molecule has 1 saturated heterocycles. The first-order valence-electron chi connectivity index (χ1n) is 6.41. The van der Waals surface area contributed by atoms with Gasteiger partial charge in [-0.15, -0.1) is 0 Å². The summed E-state index contributed by atoms with van der Waals surface area (Å²) in [5.74, 6) is -3.25. The Labute approximate surface area is 110 Å². The maximum atomic E-state index is 12.0. The van der Waals surface area contributed by atoms with E-state index < -0.39 is 35.1 Å². The Morgan fingerprint density at radius 2 is 2.05 bits per heavy atom. The number of hydrogen-bond acceptors (Lipinski definition) is 5. The molecule has 4 atom stereocenters. The number of carbonyl (C=O) groups excluding carboxylic acids is 3. The van der Waals surface area contributed by atoms with Gasteiger partial charge in [-0.1, -0.05) is 6.08 Å². The van der Waals surface area contributed by atoms with Gasteiger partial charge in [0.05, 0.1) is 23.9 Å². The van der Waals surface area contributed by atoms with Crippen molar-refractivity contribution >= 4 is 17.5 Å². The monoisotopic (exact) mass is 264 g/mol. The number of fused-ring (bicyclic) bond motifs is 5. The standard InChI is InChI=1S/C14H16O5/c1-13(2,3)12(17)19-14-5-4-9(18-14)10-7(15)6-8(16)11(10)14/h4-5,9-11H,6H2,1-3H3. The summed E-state index contributed by atoms with van der Waals surface area (Å²) in [6.07, 6.45) is 2.81. The SMILES string of the molecule is CC(C)(C)C(=O)OC12C=CC(O1)C1C(=O)CC(=O)C12. The summed E-state index contributed by atoms with van der Waals surface area (Å²) in [5.41, 5.74) is -0.687. The van der Waals surface area contributed by atoms with Gasteiger partial charge in [0.1, 0.15) is 11.7 Å². The Balaban J connectivity index is 1.93. The second-order valence-electron chi connectivity index (χ2n) is 6.42. The highest BCUT2D eigenvalue weighted by Gasteiger charge is 2.67. The van der Waals surface area contributed by atoms with Crippen LogP contribution in [0.2, 0.25) is 0 Å². The highest BCUT2D eigenvalue weighted by molar-refractivity contribution is 6.10. The molecule has 0 N–H and O–H groups in total. The van der Waals surface area contributed by atoms with Gasteiger partial charge in [0.25, 0.3) is 0 Å². The molecule has 0 amide bonds. The van der Waals surface area contributed by atoms with Crippen LogP contribution < -0.4 is 0 Å². The van der Waals surface area contributed by atoms with Crippen LogP contribution in [0.1, 0.15) is 27.2 Å².